The van der Waals surface area contributed by atoms with Crippen molar-refractivity contribution in [3.63, 3.8) is 0 Å². The lowest BCUT2D eigenvalue weighted by atomic mass is 10.1. The van der Waals surface area contributed by atoms with Crippen LogP contribution in [-0.2, 0) is 6.54 Å². The number of carbonyl (C=O) groups excluding carboxylic acids is 1. The van der Waals surface area contributed by atoms with E-state index in [-0.39, 0.29) is 11.3 Å². The van der Waals surface area contributed by atoms with Gasteiger partial charge in [-0.05, 0) is 44.5 Å². The van der Waals surface area contributed by atoms with Gasteiger partial charge < -0.3 is 10.1 Å². The monoisotopic (exact) mass is 463 g/mol. The number of amides is 1. The van der Waals surface area contributed by atoms with Gasteiger partial charge in [-0.1, -0.05) is 45.8 Å². The molecule has 152 valence electrons. The number of carbonyl (C=O) groups is 1. The fraction of sp³-hybridized carbons (Fsp3) is 0.238. The van der Waals surface area contributed by atoms with Crippen molar-refractivity contribution in [1.82, 2.24) is 9.78 Å². The number of benzene rings is 2. The van der Waals surface area contributed by atoms with Crippen LogP contribution >= 0.6 is 15.9 Å². The third-order valence-corrected chi connectivity index (χ3v) is 4.93. The molecule has 3 aromatic rings. The number of hydrogen-bond acceptors (Lipinski definition) is 3. The number of halogens is 3. The SMILES string of the molecule is Cc1cccc(Cn2nc(C)c(NC(=O)c3cc(Br)ccc3OC(F)F)c2C)c1. The van der Waals surface area contributed by atoms with E-state index in [4.69, 9.17) is 0 Å². The van der Waals surface area contributed by atoms with E-state index >= 15 is 0 Å². The number of ether oxygens (including phenoxy) is 1. The van der Waals surface area contributed by atoms with Crippen LogP contribution in [0.5, 0.6) is 5.75 Å². The Hall–Kier alpha value is -2.74. The van der Waals surface area contributed by atoms with Gasteiger partial charge in [0.2, 0.25) is 0 Å². The van der Waals surface area contributed by atoms with Crippen LogP contribution in [0.25, 0.3) is 0 Å². The van der Waals surface area contributed by atoms with E-state index in [1.807, 2.05) is 32.0 Å². The fourth-order valence-electron chi connectivity index (χ4n) is 3.07. The molecule has 29 heavy (non-hydrogen) atoms. The molecule has 0 aliphatic rings. The third-order valence-electron chi connectivity index (χ3n) is 4.44. The molecule has 1 amide bonds. The third kappa shape index (κ3) is 5.00. The average molecular weight is 464 g/mol. The molecule has 2 aromatic carbocycles. The van der Waals surface area contributed by atoms with Gasteiger partial charge in [0.05, 0.1) is 29.2 Å². The summed E-state index contributed by atoms with van der Waals surface area (Å²) in [6, 6.07) is 12.4. The number of hydrogen-bond donors (Lipinski definition) is 1. The maximum Gasteiger partial charge on any atom is 0.387 e. The Morgan fingerprint density at radius 3 is 2.66 bits per heavy atom. The van der Waals surface area contributed by atoms with E-state index < -0.39 is 12.5 Å². The molecule has 8 heteroatoms. The standard InChI is InChI=1S/C21H20BrF2N3O2/c1-12-5-4-6-15(9-12)11-27-14(3)19(13(2)26-27)25-20(28)17-10-16(22)7-8-18(17)29-21(23)24/h4-10,21H,11H2,1-3H3,(H,25,28). The van der Waals surface area contributed by atoms with Crippen molar-refractivity contribution < 1.29 is 18.3 Å². The van der Waals surface area contributed by atoms with Crippen LogP contribution in [-0.4, -0.2) is 22.3 Å². The van der Waals surface area contributed by atoms with Gasteiger partial charge in [0.15, 0.2) is 0 Å². The van der Waals surface area contributed by atoms with Crippen molar-refractivity contribution >= 4 is 27.5 Å². The Balaban J connectivity index is 1.86. The molecular formula is C21H20BrF2N3O2. The number of anilines is 1. The van der Waals surface area contributed by atoms with Crippen molar-refractivity contribution in [2.45, 2.75) is 33.9 Å². The van der Waals surface area contributed by atoms with Gasteiger partial charge in [-0.3, -0.25) is 9.48 Å². The number of nitrogens with one attached hydrogen (secondary N) is 1. The molecular weight excluding hydrogens is 444 g/mol. The Bertz CT molecular complexity index is 1050. The Morgan fingerprint density at radius 1 is 1.21 bits per heavy atom. The zero-order valence-corrected chi connectivity index (χ0v) is 17.8. The largest absolute Gasteiger partial charge is 0.434 e. The molecule has 0 aliphatic carbocycles. The average Bonchev–Trinajstić information content (AvgIpc) is 2.90. The molecule has 1 heterocycles. The highest BCUT2D eigenvalue weighted by Crippen LogP contribution is 2.27. The summed E-state index contributed by atoms with van der Waals surface area (Å²) in [4.78, 5) is 12.8. The van der Waals surface area contributed by atoms with E-state index in [9.17, 15) is 13.6 Å². The summed E-state index contributed by atoms with van der Waals surface area (Å²) in [7, 11) is 0. The molecule has 0 atom stereocenters. The summed E-state index contributed by atoms with van der Waals surface area (Å²) in [6.45, 7) is 3.19. The zero-order valence-electron chi connectivity index (χ0n) is 16.2. The minimum Gasteiger partial charge on any atom is -0.434 e. The molecule has 0 bridgehead atoms. The predicted molar refractivity (Wildman–Crippen MR) is 111 cm³/mol. The Labute approximate surface area is 175 Å². The topological polar surface area (TPSA) is 56.2 Å². The maximum atomic E-state index is 12.8. The van der Waals surface area contributed by atoms with Crippen LogP contribution in [0, 0.1) is 20.8 Å². The van der Waals surface area contributed by atoms with E-state index in [2.05, 4.69) is 37.1 Å². The highest BCUT2D eigenvalue weighted by molar-refractivity contribution is 9.10. The summed E-state index contributed by atoms with van der Waals surface area (Å²) < 4.78 is 32.2. The quantitative estimate of drug-likeness (QED) is 0.526. The Kier molecular flexibility index (Phi) is 6.32. The van der Waals surface area contributed by atoms with Crippen LogP contribution in [0.3, 0.4) is 0 Å². The minimum absolute atomic E-state index is 0.00455. The highest BCUT2D eigenvalue weighted by atomic mass is 79.9. The first-order chi connectivity index (χ1) is 13.7. The molecule has 0 fully saturated rings. The molecule has 0 spiro atoms. The molecule has 0 aliphatic heterocycles. The van der Waals surface area contributed by atoms with Crippen molar-refractivity contribution in [2.24, 2.45) is 0 Å². The van der Waals surface area contributed by atoms with Crippen LogP contribution in [0.2, 0.25) is 0 Å². The summed E-state index contributed by atoms with van der Waals surface area (Å²) in [5, 5.41) is 7.30. The van der Waals surface area contributed by atoms with Crippen molar-refractivity contribution in [1.29, 1.82) is 0 Å². The first kappa shape index (κ1) is 21.0. The summed E-state index contributed by atoms with van der Waals surface area (Å²) in [5.41, 5.74) is 4.20. The van der Waals surface area contributed by atoms with Crippen LogP contribution < -0.4 is 10.1 Å². The highest BCUT2D eigenvalue weighted by Gasteiger charge is 2.20. The molecule has 5 nitrogen and oxygen atoms in total. The second-order valence-corrected chi connectivity index (χ2v) is 7.58. The van der Waals surface area contributed by atoms with Gasteiger partial charge in [0, 0.05) is 4.47 Å². The number of alkyl halides is 2. The van der Waals surface area contributed by atoms with Gasteiger partial charge >= 0.3 is 6.61 Å². The van der Waals surface area contributed by atoms with Crippen LogP contribution in [0.4, 0.5) is 14.5 Å². The molecule has 0 saturated heterocycles. The van der Waals surface area contributed by atoms with Crippen LogP contribution in [0.15, 0.2) is 46.9 Å². The molecule has 0 saturated carbocycles. The molecule has 0 radical (unpaired) electrons. The first-order valence-electron chi connectivity index (χ1n) is 8.90. The second-order valence-electron chi connectivity index (χ2n) is 6.67. The molecule has 1 aromatic heterocycles. The van der Waals surface area contributed by atoms with Gasteiger partial charge in [-0.2, -0.15) is 13.9 Å². The zero-order chi connectivity index (χ0) is 21.1. The minimum atomic E-state index is -3.02. The van der Waals surface area contributed by atoms with Crippen molar-refractivity contribution in [3.8, 4) is 5.75 Å². The lowest BCUT2D eigenvalue weighted by Gasteiger charge is -2.12. The molecule has 3 rings (SSSR count). The van der Waals surface area contributed by atoms with E-state index in [1.54, 1.807) is 11.6 Å². The summed E-state index contributed by atoms with van der Waals surface area (Å²) in [6.07, 6.45) is 0. The summed E-state index contributed by atoms with van der Waals surface area (Å²) in [5.74, 6) is -0.744. The smallest absolute Gasteiger partial charge is 0.387 e. The van der Waals surface area contributed by atoms with E-state index in [0.29, 0.717) is 22.4 Å². The fourth-order valence-corrected chi connectivity index (χ4v) is 3.44. The molecule has 0 unspecified atom stereocenters. The van der Waals surface area contributed by atoms with Crippen molar-refractivity contribution in [3.05, 3.63) is 75.0 Å². The summed E-state index contributed by atoms with van der Waals surface area (Å²) >= 11 is 3.25. The van der Waals surface area contributed by atoms with E-state index in [0.717, 1.165) is 16.8 Å². The number of aromatic nitrogens is 2. The number of nitrogens with zero attached hydrogens (tertiary/aromatic N) is 2. The predicted octanol–water partition coefficient (Wildman–Crippen LogP) is 5.47. The van der Waals surface area contributed by atoms with Gasteiger partial charge in [-0.15, -0.1) is 0 Å². The first-order valence-corrected chi connectivity index (χ1v) is 9.69. The van der Waals surface area contributed by atoms with Gasteiger partial charge in [0.1, 0.15) is 5.75 Å². The van der Waals surface area contributed by atoms with E-state index in [1.165, 1.54) is 18.2 Å². The lowest BCUT2D eigenvalue weighted by molar-refractivity contribution is -0.0501. The van der Waals surface area contributed by atoms with Crippen LogP contribution in [0.1, 0.15) is 32.9 Å². The van der Waals surface area contributed by atoms with Gasteiger partial charge in [0.25, 0.3) is 5.91 Å². The lowest BCUT2D eigenvalue weighted by Crippen LogP contribution is -2.16. The number of rotatable bonds is 6. The van der Waals surface area contributed by atoms with Gasteiger partial charge in [-0.25, -0.2) is 0 Å². The number of aryl methyl sites for hydroxylation is 2. The second kappa shape index (κ2) is 8.73. The van der Waals surface area contributed by atoms with Crippen molar-refractivity contribution in [2.75, 3.05) is 5.32 Å². The normalized spacial score (nSPS) is 11.0. The Morgan fingerprint density at radius 2 is 1.97 bits per heavy atom. The molecule has 1 N–H and O–H groups in total. The maximum absolute atomic E-state index is 12.8.